The van der Waals surface area contributed by atoms with Crippen LogP contribution in [0.15, 0.2) is 36.4 Å². The molecule has 266 valence electrons. The summed E-state index contributed by atoms with van der Waals surface area (Å²) < 4.78 is 30.1. The molecule has 2 unspecified atom stereocenters. The molecule has 0 saturated carbocycles. The highest BCUT2D eigenvalue weighted by atomic mass is 32.2. The van der Waals surface area contributed by atoms with Crippen molar-refractivity contribution in [3.63, 3.8) is 0 Å². The van der Waals surface area contributed by atoms with E-state index in [1.54, 1.807) is 7.11 Å². The normalized spacial score (nSPS) is 27.8. The first-order valence-electron chi connectivity index (χ1n) is 17.1. The van der Waals surface area contributed by atoms with Crippen molar-refractivity contribution in [2.24, 2.45) is 0 Å². The van der Waals surface area contributed by atoms with Gasteiger partial charge in [0.1, 0.15) is 24.4 Å². The lowest BCUT2D eigenvalue weighted by atomic mass is 9.71. The smallest absolute Gasteiger partial charge is 0.324 e. The van der Waals surface area contributed by atoms with Crippen LogP contribution in [0.2, 0.25) is 0 Å². The average Bonchev–Trinajstić information content (AvgIpc) is 3.60. The fourth-order valence-corrected chi connectivity index (χ4v) is 10.5. The molecule has 3 aromatic rings. The van der Waals surface area contributed by atoms with E-state index in [-0.39, 0.29) is 25.2 Å². The number of aromatic hydroxyl groups is 1. The van der Waals surface area contributed by atoms with Gasteiger partial charge in [0, 0.05) is 53.6 Å². The van der Waals surface area contributed by atoms with Gasteiger partial charge < -0.3 is 28.8 Å². The van der Waals surface area contributed by atoms with E-state index in [0.29, 0.717) is 52.8 Å². The van der Waals surface area contributed by atoms with Crippen molar-refractivity contribution < 1.29 is 38.4 Å². The van der Waals surface area contributed by atoms with E-state index in [1.807, 2.05) is 51.2 Å². The number of carbonyl (C=O) groups excluding carboxylic acids is 2. The number of phenols is 1. The second kappa shape index (κ2) is 12.9. The first kappa shape index (κ1) is 33.7. The van der Waals surface area contributed by atoms with E-state index in [0.717, 1.165) is 27.8 Å². The zero-order chi connectivity index (χ0) is 35.7. The molecule has 6 aliphatic heterocycles. The summed E-state index contributed by atoms with van der Waals surface area (Å²) in [5.41, 5.74) is 5.62. The third-order valence-electron chi connectivity index (χ3n) is 11.1. The molecule has 6 aliphatic rings. The van der Waals surface area contributed by atoms with Crippen LogP contribution in [0.1, 0.15) is 63.2 Å². The van der Waals surface area contributed by atoms with E-state index >= 15 is 0 Å². The van der Waals surface area contributed by atoms with Gasteiger partial charge in [0.25, 0.3) is 0 Å². The number of hydrogen-bond acceptors (Lipinski definition) is 13. The van der Waals surface area contributed by atoms with Crippen LogP contribution in [-0.4, -0.2) is 84.3 Å². The Labute approximate surface area is 300 Å². The maximum Gasteiger partial charge on any atom is 0.324 e. The lowest BCUT2D eigenvalue weighted by Gasteiger charge is -2.61. The van der Waals surface area contributed by atoms with Crippen molar-refractivity contribution in [1.29, 1.82) is 5.26 Å². The number of benzene rings is 3. The topological polar surface area (TPSA) is 143 Å². The zero-order valence-corrected chi connectivity index (χ0v) is 29.9. The molecular formula is C38H40N4O8S. The van der Waals surface area contributed by atoms with Gasteiger partial charge in [0.2, 0.25) is 6.79 Å². The summed E-state index contributed by atoms with van der Waals surface area (Å²) >= 11 is 1.54. The zero-order valence-electron chi connectivity index (χ0n) is 29.1. The highest BCUT2D eigenvalue weighted by Gasteiger charge is 2.60. The van der Waals surface area contributed by atoms with Crippen LogP contribution >= 0.6 is 11.8 Å². The molecule has 4 bridgehead atoms. The molecular weight excluding hydrogens is 673 g/mol. The maximum absolute atomic E-state index is 13.8. The summed E-state index contributed by atoms with van der Waals surface area (Å²) in [5, 5.41) is 25.9. The lowest BCUT2D eigenvalue weighted by Crippen LogP contribution is -2.69. The summed E-state index contributed by atoms with van der Waals surface area (Å²) in [5.74, 6) is 1.27. The third kappa shape index (κ3) is 5.22. The van der Waals surface area contributed by atoms with Crippen LogP contribution < -0.4 is 24.3 Å². The Hall–Kier alpha value is -4.48. The van der Waals surface area contributed by atoms with Crippen molar-refractivity contribution in [3.05, 3.63) is 75.3 Å². The van der Waals surface area contributed by atoms with Crippen LogP contribution in [0, 0.1) is 25.2 Å². The molecule has 3 aromatic carbocycles. The van der Waals surface area contributed by atoms with Crippen LogP contribution in [-0.2, 0) is 27.3 Å². The molecule has 0 amide bonds. The molecule has 2 fully saturated rings. The van der Waals surface area contributed by atoms with Crippen molar-refractivity contribution >= 4 is 23.7 Å². The van der Waals surface area contributed by atoms with Gasteiger partial charge in [-0.1, -0.05) is 36.4 Å². The first-order chi connectivity index (χ1) is 24.6. The Morgan fingerprint density at radius 3 is 2.61 bits per heavy atom. The van der Waals surface area contributed by atoms with Gasteiger partial charge in [-0.25, -0.2) is 0 Å². The number of methoxy groups -OCH3 is 1. The van der Waals surface area contributed by atoms with Crippen molar-refractivity contribution in [2.75, 3.05) is 33.3 Å². The van der Waals surface area contributed by atoms with E-state index < -0.39 is 47.4 Å². The standard InChI is InChI=1S/C38H40N4O8S/c1-18-11-22-12-24-25(13-39)42-26-15-47-38(45)23(40-14-21-9-7-6-8-10-21)16-51-37(31(42)30(41(24)4)27(22)32(44)33(18)46-5)29-28(26)36-35(48-17-49-36)19(2)34(29)50-20(3)43/h6-11,23-26,30-31,37,40,44H,12,14-17H2,1-5H3/t23?,24-,25-,26-,30+,31?,37+/m0/s1. The molecule has 0 aliphatic carbocycles. The van der Waals surface area contributed by atoms with E-state index in [2.05, 4.69) is 27.3 Å². The number of aryl methyl sites for hydroxylation is 1. The fourth-order valence-electron chi connectivity index (χ4n) is 8.95. The van der Waals surface area contributed by atoms with Crippen molar-refractivity contribution in [2.45, 2.75) is 75.2 Å². The van der Waals surface area contributed by atoms with Gasteiger partial charge in [0.15, 0.2) is 23.0 Å². The molecule has 0 spiro atoms. The Balaban J connectivity index is 1.36. The van der Waals surface area contributed by atoms with Gasteiger partial charge in [-0.15, -0.1) is 11.8 Å². The van der Waals surface area contributed by atoms with E-state index in [4.69, 9.17) is 23.7 Å². The van der Waals surface area contributed by atoms with E-state index in [9.17, 15) is 20.0 Å². The summed E-state index contributed by atoms with van der Waals surface area (Å²) in [7, 11) is 3.56. The maximum atomic E-state index is 13.8. The minimum absolute atomic E-state index is 0.0264. The van der Waals surface area contributed by atoms with Crippen LogP contribution in [0.5, 0.6) is 28.7 Å². The van der Waals surface area contributed by atoms with Gasteiger partial charge in [-0.2, -0.15) is 5.26 Å². The quantitative estimate of drug-likeness (QED) is 0.286. The molecule has 51 heavy (non-hydrogen) atoms. The Kier molecular flexibility index (Phi) is 8.53. The summed E-state index contributed by atoms with van der Waals surface area (Å²) in [6.45, 7) is 5.48. The molecule has 0 aromatic heterocycles. The molecule has 13 heteroatoms. The number of esters is 2. The molecule has 12 nitrogen and oxygen atoms in total. The van der Waals surface area contributed by atoms with Crippen LogP contribution in [0.4, 0.5) is 0 Å². The van der Waals surface area contributed by atoms with Gasteiger partial charge in [0.05, 0.1) is 30.5 Å². The summed E-state index contributed by atoms with van der Waals surface area (Å²) in [6.07, 6.45) is 0.523. The third-order valence-corrected chi connectivity index (χ3v) is 12.5. The Morgan fingerprint density at radius 1 is 1.12 bits per heavy atom. The molecule has 9 rings (SSSR count). The minimum atomic E-state index is -0.664. The summed E-state index contributed by atoms with van der Waals surface area (Å²) in [6, 6.07) is 11.5. The molecule has 6 heterocycles. The number of nitrogens with zero attached hydrogens (tertiary/aromatic N) is 3. The number of phenolic OH excluding ortho intramolecular Hbond substituents is 1. The van der Waals surface area contributed by atoms with Gasteiger partial charge in [-0.3, -0.25) is 24.7 Å². The fraction of sp³-hybridized carbons (Fsp3) is 0.447. The Bertz CT molecular complexity index is 1970. The number of nitriles is 1. The lowest BCUT2D eigenvalue weighted by molar-refractivity contribution is -0.151. The SMILES string of the molecule is COc1c(C)cc2c(c1O)[C@@H]1C3[C@@H]4SCC(NCc5ccccc5)C(=O)OC[C@@H](c5c6c(c(C)c(OC(C)=O)c54)OCO6)N3[C@@H](C#N)[C@H](C2)N1C. The highest BCUT2D eigenvalue weighted by Crippen LogP contribution is 2.64. The van der Waals surface area contributed by atoms with Crippen molar-refractivity contribution in [3.8, 4) is 34.8 Å². The average molecular weight is 713 g/mol. The number of rotatable bonds is 5. The number of nitrogens with one attached hydrogen (secondary N) is 1. The number of thioether (sulfide) groups is 1. The number of piperazine rings is 1. The summed E-state index contributed by atoms with van der Waals surface area (Å²) in [4.78, 5) is 31.0. The van der Waals surface area contributed by atoms with E-state index in [1.165, 1.54) is 18.7 Å². The number of hydrogen-bond donors (Lipinski definition) is 2. The highest BCUT2D eigenvalue weighted by molar-refractivity contribution is 7.99. The van der Waals surface area contributed by atoms with Gasteiger partial charge >= 0.3 is 11.9 Å². The number of carbonyl (C=O) groups is 2. The number of likely N-dealkylation sites (N-methyl/N-ethyl adjacent to an activating group) is 1. The van der Waals surface area contributed by atoms with Crippen LogP contribution in [0.25, 0.3) is 0 Å². The predicted octanol–water partition coefficient (Wildman–Crippen LogP) is 4.39. The predicted molar refractivity (Wildman–Crippen MR) is 187 cm³/mol. The molecule has 0 radical (unpaired) electrons. The van der Waals surface area contributed by atoms with Gasteiger partial charge in [-0.05, 0) is 44.0 Å². The molecule has 7 atom stereocenters. The molecule has 2 N–H and O–H groups in total. The largest absolute Gasteiger partial charge is 0.504 e. The minimum Gasteiger partial charge on any atom is -0.504 e. The molecule has 2 saturated heterocycles. The second-order valence-corrected chi connectivity index (χ2v) is 15.0. The Morgan fingerprint density at radius 2 is 1.88 bits per heavy atom. The monoisotopic (exact) mass is 712 g/mol. The van der Waals surface area contributed by atoms with Crippen LogP contribution in [0.3, 0.4) is 0 Å². The second-order valence-electron chi connectivity index (χ2n) is 13.8. The number of fused-ring (bicyclic) bond motifs is 10. The first-order valence-corrected chi connectivity index (χ1v) is 18.2. The number of ether oxygens (including phenoxy) is 5. The van der Waals surface area contributed by atoms with Crippen molar-refractivity contribution in [1.82, 2.24) is 15.1 Å².